The molecule has 9 heteroatoms. The molecule has 0 saturated heterocycles. The first-order chi connectivity index (χ1) is 14.2. The molecular formula is C21H17F3N4O2. The number of hydrogen-bond donors (Lipinski definition) is 1. The highest BCUT2D eigenvalue weighted by molar-refractivity contribution is 6.09. The smallest absolute Gasteiger partial charge is 0.345 e. The van der Waals surface area contributed by atoms with Crippen LogP contribution in [-0.2, 0) is 19.8 Å². The van der Waals surface area contributed by atoms with Gasteiger partial charge in [0.25, 0.3) is 5.91 Å². The van der Waals surface area contributed by atoms with Gasteiger partial charge < -0.3 is 9.88 Å². The van der Waals surface area contributed by atoms with Crippen molar-refractivity contribution >= 4 is 33.8 Å². The van der Waals surface area contributed by atoms with Crippen molar-refractivity contribution in [2.24, 2.45) is 7.05 Å². The first-order valence-corrected chi connectivity index (χ1v) is 9.08. The van der Waals surface area contributed by atoms with Crippen LogP contribution in [0.1, 0.15) is 33.5 Å². The summed E-state index contributed by atoms with van der Waals surface area (Å²) >= 11 is 0. The fraction of sp³-hybridized carbons (Fsp3) is 0.190. The van der Waals surface area contributed by atoms with Gasteiger partial charge in [-0.15, -0.1) is 0 Å². The maximum Gasteiger partial charge on any atom is 0.416 e. The van der Waals surface area contributed by atoms with E-state index in [0.29, 0.717) is 27.8 Å². The van der Waals surface area contributed by atoms with E-state index >= 15 is 0 Å². The van der Waals surface area contributed by atoms with E-state index in [0.717, 1.165) is 12.1 Å². The molecule has 0 aliphatic carbocycles. The number of nitrogens with one attached hydrogen (secondary N) is 1. The van der Waals surface area contributed by atoms with Gasteiger partial charge in [-0.3, -0.25) is 14.2 Å². The molecule has 6 nitrogen and oxygen atoms in total. The molecule has 0 bridgehead atoms. The molecule has 0 saturated carbocycles. The molecule has 154 valence electrons. The zero-order valence-corrected chi connectivity index (χ0v) is 16.1. The van der Waals surface area contributed by atoms with Crippen molar-refractivity contribution < 1.29 is 22.8 Å². The number of benzene rings is 2. The van der Waals surface area contributed by atoms with Gasteiger partial charge in [0.1, 0.15) is 5.82 Å². The van der Waals surface area contributed by atoms with Gasteiger partial charge in [-0.25, -0.2) is 4.98 Å². The van der Waals surface area contributed by atoms with Gasteiger partial charge in [-0.1, -0.05) is 18.2 Å². The number of imidazole rings is 1. The number of aryl methyl sites for hydroxylation is 1. The number of amides is 1. The standard InChI is InChI=1S/C21H17F3N4O2/c1-12(29)28-11-15(14-5-3-4-6-17(14)28)20(30)25-10-19-26-16-9-13(21(22,23)24)7-8-18(16)27(19)2/h3-9,11H,10H2,1-2H3,(H,25,30). The molecule has 0 atom stereocenters. The zero-order chi connectivity index (χ0) is 21.6. The Bertz CT molecular complexity index is 1300. The van der Waals surface area contributed by atoms with E-state index in [-0.39, 0.29) is 18.0 Å². The van der Waals surface area contributed by atoms with E-state index in [4.69, 9.17) is 0 Å². The van der Waals surface area contributed by atoms with Crippen LogP contribution in [0.15, 0.2) is 48.7 Å². The van der Waals surface area contributed by atoms with Crippen LogP contribution in [0.2, 0.25) is 0 Å². The third-order valence-corrected chi connectivity index (χ3v) is 5.00. The molecule has 4 aromatic rings. The molecule has 1 N–H and O–H groups in total. The lowest BCUT2D eigenvalue weighted by molar-refractivity contribution is -0.137. The van der Waals surface area contributed by atoms with Gasteiger partial charge in [-0.05, 0) is 24.3 Å². The van der Waals surface area contributed by atoms with Gasteiger partial charge in [0, 0.05) is 25.6 Å². The number of alkyl halides is 3. The number of carbonyl (C=O) groups is 2. The summed E-state index contributed by atoms with van der Waals surface area (Å²) in [5.74, 6) is -0.219. The van der Waals surface area contributed by atoms with Crippen molar-refractivity contribution in [3.05, 3.63) is 65.6 Å². The van der Waals surface area contributed by atoms with E-state index in [1.165, 1.54) is 23.8 Å². The van der Waals surface area contributed by atoms with Crippen molar-refractivity contribution in [2.45, 2.75) is 19.6 Å². The van der Waals surface area contributed by atoms with Crippen molar-refractivity contribution in [2.75, 3.05) is 0 Å². The normalized spacial score (nSPS) is 11.9. The van der Waals surface area contributed by atoms with Crippen molar-refractivity contribution in [3.63, 3.8) is 0 Å². The van der Waals surface area contributed by atoms with Gasteiger partial charge in [0.05, 0.1) is 34.2 Å². The predicted molar refractivity (Wildman–Crippen MR) is 105 cm³/mol. The number of halogens is 3. The number of nitrogens with zero attached hydrogens (tertiary/aromatic N) is 3. The lowest BCUT2D eigenvalue weighted by Crippen LogP contribution is -2.24. The molecule has 30 heavy (non-hydrogen) atoms. The number of rotatable bonds is 3. The minimum atomic E-state index is -4.45. The quantitative estimate of drug-likeness (QED) is 0.548. The number of carbonyl (C=O) groups excluding carboxylic acids is 2. The summed E-state index contributed by atoms with van der Waals surface area (Å²) < 4.78 is 41.8. The van der Waals surface area contributed by atoms with Crippen LogP contribution in [0.5, 0.6) is 0 Å². The van der Waals surface area contributed by atoms with E-state index < -0.39 is 17.6 Å². The molecule has 2 aromatic carbocycles. The molecule has 0 aliphatic rings. The van der Waals surface area contributed by atoms with E-state index in [9.17, 15) is 22.8 Å². The van der Waals surface area contributed by atoms with Gasteiger partial charge in [-0.2, -0.15) is 13.2 Å². The summed E-state index contributed by atoms with van der Waals surface area (Å²) in [5.41, 5.74) is 0.905. The van der Waals surface area contributed by atoms with Crippen LogP contribution in [0.25, 0.3) is 21.9 Å². The van der Waals surface area contributed by atoms with Crippen LogP contribution in [0.3, 0.4) is 0 Å². The van der Waals surface area contributed by atoms with Crippen molar-refractivity contribution in [1.82, 2.24) is 19.4 Å². The largest absolute Gasteiger partial charge is 0.416 e. The Kier molecular flexibility index (Phi) is 4.60. The van der Waals surface area contributed by atoms with Crippen LogP contribution in [-0.4, -0.2) is 25.9 Å². The topological polar surface area (TPSA) is 68.9 Å². The summed E-state index contributed by atoms with van der Waals surface area (Å²) in [6.07, 6.45) is -2.97. The highest BCUT2D eigenvalue weighted by Gasteiger charge is 2.31. The van der Waals surface area contributed by atoms with Crippen molar-refractivity contribution in [1.29, 1.82) is 0 Å². The third kappa shape index (κ3) is 3.32. The lowest BCUT2D eigenvalue weighted by Gasteiger charge is -2.06. The maximum atomic E-state index is 12.9. The summed E-state index contributed by atoms with van der Waals surface area (Å²) in [4.78, 5) is 28.8. The molecule has 2 aromatic heterocycles. The van der Waals surface area contributed by atoms with Crippen LogP contribution in [0, 0.1) is 0 Å². The van der Waals surface area contributed by atoms with Crippen LogP contribution in [0.4, 0.5) is 13.2 Å². The lowest BCUT2D eigenvalue weighted by atomic mass is 10.1. The summed E-state index contributed by atoms with van der Waals surface area (Å²) in [6.45, 7) is 1.42. The molecule has 2 heterocycles. The second-order valence-corrected chi connectivity index (χ2v) is 6.92. The minimum absolute atomic E-state index is 0.0188. The Morgan fingerprint density at radius 2 is 1.83 bits per heavy atom. The second-order valence-electron chi connectivity index (χ2n) is 6.92. The van der Waals surface area contributed by atoms with E-state index in [1.54, 1.807) is 35.9 Å². The fourth-order valence-electron chi connectivity index (χ4n) is 3.46. The molecule has 0 fully saturated rings. The Hall–Kier alpha value is -3.62. The maximum absolute atomic E-state index is 12.9. The molecule has 0 aliphatic heterocycles. The monoisotopic (exact) mass is 414 g/mol. The summed E-state index contributed by atoms with van der Waals surface area (Å²) in [6, 6.07) is 10.4. The number of para-hydroxylation sites is 1. The zero-order valence-electron chi connectivity index (χ0n) is 16.1. The second kappa shape index (κ2) is 7.01. The molecule has 0 spiro atoms. The molecular weight excluding hydrogens is 397 g/mol. The van der Waals surface area contributed by atoms with E-state index in [1.807, 2.05) is 0 Å². The molecule has 0 unspecified atom stereocenters. The van der Waals surface area contributed by atoms with E-state index in [2.05, 4.69) is 10.3 Å². The van der Waals surface area contributed by atoms with Crippen LogP contribution >= 0.6 is 0 Å². The number of aromatic nitrogens is 3. The fourth-order valence-corrected chi connectivity index (χ4v) is 3.46. The molecule has 4 rings (SSSR count). The highest BCUT2D eigenvalue weighted by Crippen LogP contribution is 2.31. The van der Waals surface area contributed by atoms with Gasteiger partial charge >= 0.3 is 6.18 Å². The number of hydrogen-bond acceptors (Lipinski definition) is 3. The average Bonchev–Trinajstić information content (AvgIpc) is 3.24. The average molecular weight is 414 g/mol. The predicted octanol–water partition coefficient (Wildman–Crippen LogP) is 4.14. The van der Waals surface area contributed by atoms with Gasteiger partial charge in [0.15, 0.2) is 0 Å². The summed E-state index contributed by atoms with van der Waals surface area (Å²) in [7, 11) is 1.67. The highest BCUT2D eigenvalue weighted by atomic mass is 19.4. The third-order valence-electron chi connectivity index (χ3n) is 5.00. The van der Waals surface area contributed by atoms with Gasteiger partial charge in [0.2, 0.25) is 5.91 Å². The SMILES string of the molecule is CC(=O)n1cc(C(=O)NCc2nc3cc(C(F)(F)F)ccc3n2C)c2ccccc21. The molecule has 0 radical (unpaired) electrons. The summed E-state index contributed by atoms with van der Waals surface area (Å²) in [5, 5.41) is 3.37. The minimum Gasteiger partial charge on any atom is -0.345 e. The van der Waals surface area contributed by atoms with Crippen molar-refractivity contribution in [3.8, 4) is 0 Å². The first kappa shape index (κ1) is 19.7. The molecule has 1 amide bonds. The first-order valence-electron chi connectivity index (χ1n) is 9.08. The Balaban J connectivity index is 1.62. The Morgan fingerprint density at radius 1 is 1.10 bits per heavy atom. The van der Waals surface area contributed by atoms with Crippen LogP contribution < -0.4 is 5.32 Å². The Morgan fingerprint density at radius 3 is 2.53 bits per heavy atom. The number of fused-ring (bicyclic) bond motifs is 2. The Labute approximate surface area is 168 Å².